The van der Waals surface area contributed by atoms with Crippen molar-refractivity contribution in [1.82, 2.24) is 9.78 Å². The van der Waals surface area contributed by atoms with E-state index in [0.717, 1.165) is 30.7 Å². The topological polar surface area (TPSA) is 47.3 Å². The molecule has 1 aliphatic rings. The van der Waals surface area contributed by atoms with E-state index in [4.69, 9.17) is 4.74 Å². The summed E-state index contributed by atoms with van der Waals surface area (Å²) in [5.74, 6) is 0.870. The van der Waals surface area contributed by atoms with Crippen molar-refractivity contribution in [1.29, 1.82) is 0 Å². The summed E-state index contributed by atoms with van der Waals surface area (Å²) in [6.45, 7) is 1.34. The molecule has 1 atom stereocenters. The third-order valence-electron chi connectivity index (χ3n) is 3.31. The van der Waals surface area contributed by atoms with Gasteiger partial charge in [0.05, 0.1) is 12.6 Å². The second kappa shape index (κ2) is 4.82. The molecule has 0 bridgehead atoms. The van der Waals surface area contributed by atoms with Gasteiger partial charge < -0.3 is 9.84 Å². The minimum atomic E-state index is -0.293. The van der Waals surface area contributed by atoms with Crippen molar-refractivity contribution in [3.8, 4) is 5.75 Å². The maximum atomic E-state index is 9.72. The zero-order valence-corrected chi connectivity index (χ0v) is 10.1. The van der Waals surface area contributed by atoms with E-state index in [-0.39, 0.29) is 6.10 Å². The summed E-state index contributed by atoms with van der Waals surface area (Å²) in [5.41, 5.74) is 2.26. The smallest absolute Gasteiger partial charge is 0.119 e. The first kappa shape index (κ1) is 11.3. The van der Waals surface area contributed by atoms with Gasteiger partial charge in [-0.3, -0.25) is 4.68 Å². The maximum absolute atomic E-state index is 9.72. The Labute approximate surface area is 106 Å². The number of fused-ring (bicyclic) bond motifs is 1. The number of ether oxygens (including phenoxy) is 1. The number of aromatic nitrogens is 2. The summed E-state index contributed by atoms with van der Waals surface area (Å²) >= 11 is 0. The van der Waals surface area contributed by atoms with Gasteiger partial charge in [0.15, 0.2) is 0 Å². The van der Waals surface area contributed by atoms with Gasteiger partial charge in [-0.25, -0.2) is 0 Å². The van der Waals surface area contributed by atoms with Gasteiger partial charge >= 0.3 is 0 Å². The Hall–Kier alpha value is -1.81. The summed E-state index contributed by atoms with van der Waals surface area (Å²) < 4.78 is 7.54. The van der Waals surface area contributed by atoms with Crippen molar-refractivity contribution in [2.24, 2.45) is 0 Å². The zero-order valence-electron chi connectivity index (χ0n) is 10.1. The summed E-state index contributed by atoms with van der Waals surface area (Å²) in [7, 11) is 0. The minimum Gasteiger partial charge on any atom is -0.492 e. The standard InChI is InChI=1S/C14H16N2O2/c17-14-5-2-11-10-12(3-4-13(11)14)18-9-8-16-7-1-6-15-16/h1,3-4,6-7,10,14,17H,2,5,8-9H2. The molecule has 0 saturated carbocycles. The van der Waals surface area contributed by atoms with E-state index in [0.29, 0.717) is 6.61 Å². The van der Waals surface area contributed by atoms with Gasteiger partial charge in [0, 0.05) is 12.4 Å². The molecule has 1 aromatic carbocycles. The van der Waals surface area contributed by atoms with Gasteiger partial charge in [-0.1, -0.05) is 6.07 Å². The van der Waals surface area contributed by atoms with Gasteiger partial charge in [0.25, 0.3) is 0 Å². The van der Waals surface area contributed by atoms with Crippen LogP contribution in [0.25, 0.3) is 0 Å². The molecule has 1 N–H and O–H groups in total. The SMILES string of the molecule is OC1CCc2cc(OCCn3cccn3)ccc21. The number of hydrogen-bond acceptors (Lipinski definition) is 3. The fourth-order valence-corrected chi connectivity index (χ4v) is 2.35. The lowest BCUT2D eigenvalue weighted by molar-refractivity contribution is 0.180. The van der Waals surface area contributed by atoms with Crippen LogP contribution in [0.2, 0.25) is 0 Å². The lowest BCUT2D eigenvalue weighted by Crippen LogP contribution is -2.08. The highest BCUT2D eigenvalue weighted by atomic mass is 16.5. The second-order valence-electron chi connectivity index (χ2n) is 4.53. The quantitative estimate of drug-likeness (QED) is 0.894. The third-order valence-corrected chi connectivity index (χ3v) is 3.31. The van der Waals surface area contributed by atoms with E-state index in [1.807, 2.05) is 35.1 Å². The van der Waals surface area contributed by atoms with E-state index >= 15 is 0 Å². The van der Waals surface area contributed by atoms with Gasteiger partial charge in [0.2, 0.25) is 0 Å². The second-order valence-corrected chi connectivity index (χ2v) is 4.53. The lowest BCUT2D eigenvalue weighted by Gasteiger charge is -2.09. The highest BCUT2D eigenvalue weighted by molar-refractivity contribution is 5.39. The molecule has 4 heteroatoms. The number of rotatable bonds is 4. The summed E-state index contributed by atoms with van der Waals surface area (Å²) in [6.07, 6.45) is 5.15. The molecular weight excluding hydrogens is 228 g/mol. The summed E-state index contributed by atoms with van der Waals surface area (Å²) in [5, 5.41) is 13.8. The normalized spacial score (nSPS) is 17.7. The summed E-state index contributed by atoms with van der Waals surface area (Å²) in [6, 6.07) is 7.83. The Balaban J connectivity index is 1.60. The largest absolute Gasteiger partial charge is 0.492 e. The monoisotopic (exact) mass is 244 g/mol. The van der Waals surface area contributed by atoms with Crippen molar-refractivity contribution in [2.75, 3.05) is 6.61 Å². The summed E-state index contributed by atoms with van der Waals surface area (Å²) in [4.78, 5) is 0. The molecule has 0 fully saturated rings. The lowest BCUT2D eigenvalue weighted by atomic mass is 10.1. The molecule has 0 saturated heterocycles. The molecule has 1 heterocycles. The number of aliphatic hydroxyl groups excluding tert-OH is 1. The molecule has 4 nitrogen and oxygen atoms in total. The Kier molecular flexibility index (Phi) is 3.02. The number of nitrogens with zero attached hydrogens (tertiary/aromatic N) is 2. The maximum Gasteiger partial charge on any atom is 0.119 e. The van der Waals surface area contributed by atoms with Crippen molar-refractivity contribution in [2.45, 2.75) is 25.5 Å². The molecule has 1 aromatic heterocycles. The van der Waals surface area contributed by atoms with E-state index in [1.165, 1.54) is 5.56 Å². The van der Waals surface area contributed by atoms with Crippen LogP contribution < -0.4 is 4.74 Å². The van der Waals surface area contributed by atoms with Crippen LogP contribution in [-0.4, -0.2) is 21.5 Å². The van der Waals surface area contributed by atoms with Gasteiger partial charge in [-0.15, -0.1) is 0 Å². The van der Waals surface area contributed by atoms with E-state index in [1.54, 1.807) is 6.20 Å². The predicted octanol–water partition coefficient (Wildman–Crippen LogP) is 1.94. The Morgan fingerprint density at radius 1 is 1.44 bits per heavy atom. The first-order valence-corrected chi connectivity index (χ1v) is 6.24. The van der Waals surface area contributed by atoms with Crippen LogP contribution in [0.4, 0.5) is 0 Å². The number of hydrogen-bond donors (Lipinski definition) is 1. The molecule has 1 unspecified atom stereocenters. The van der Waals surface area contributed by atoms with Crippen LogP contribution in [0, 0.1) is 0 Å². The molecule has 0 aliphatic heterocycles. The minimum absolute atomic E-state index is 0.293. The molecule has 18 heavy (non-hydrogen) atoms. The Morgan fingerprint density at radius 2 is 2.39 bits per heavy atom. The molecule has 2 aromatic rings. The zero-order chi connectivity index (χ0) is 12.4. The van der Waals surface area contributed by atoms with Crippen molar-refractivity contribution in [3.05, 3.63) is 47.8 Å². The first-order chi connectivity index (χ1) is 8.83. The van der Waals surface area contributed by atoms with Crippen LogP contribution in [0.3, 0.4) is 0 Å². The molecule has 0 amide bonds. The van der Waals surface area contributed by atoms with Crippen LogP contribution in [0.5, 0.6) is 5.75 Å². The van der Waals surface area contributed by atoms with Gasteiger partial charge in [0.1, 0.15) is 12.4 Å². The van der Waals surface area contributed by atoms with Crippen LogP contribution >= 0.6 is 0 Å². The van der Waals surface area contributed by atoms with E-state index in [9.17, 15) is 5.11 Å². The van der Waals surface area contributed by atoms with Crippen LogP contribution in [-0.2, 0) is 13.0 Å². The number of benzene rings is 1. The van der Waals surface area contributed by atoms with Gasteiger partial charge in [-0.05, 0) is 42.2 Å². The first-order valence-electron chi connectivity index (χ1n) is 6.24. The van der Waals surface area contributed by atoms with Crippen LogP contribution in [0.1, 0.15) is 23.7 Å². The highest BCUT2D eigenvalue weighted by Gasteiger charge is 2.20. The fraction of sp³-hybridized carbons (Fsp3) is 0.357. The Morgan fingerprint density at radius 3 is 3.22 bits per heavy atom. The van der Waals surface area contributed by atoms with Crippen LogP contribution in [0.15, 0.2) is 36.7 Å². The highest BCUT2D eigenvalue weighted by Crippen LogP contribution is 2.33. The fourth-order valence-electron chi connectivity index (χ4n) is 2.35. The van der Waals surface area contributed by atoms with E-state index in [2.05, 4.69) is 5.10 Å². The van der Waals surface area contributed by atoms with Crippen molar-refractivity contribution < 1.29 is 9.84 Å². The molecule has 3 rings (SSSR count). The molecule has 94 valence electrons. The predicted molar refractivity (Wildman–Crippen MR) is 67.4 cm³/mol. The number of aliphatic hydroxyl groups is 1. The van der Waals surface area contributed by atoms with Crippen molar-refractivity contribution in [3.63, 3.8) is 0 Å². The van der Waals surface area contributed by atoms with Gasteiger partial charge in [-0.2, -0.15) is 5.10 Å². The molecule has 0 radical (unpaired) electrons. The average molecular weight is 244 g/mol. The molecule has 1 aliphatic carbocycles. The van der Waals surface area contributed by atoms with E-state index < -0.39 is 0 Å². The molecular formula is C14H16N2O2. The molecule has 0 spiro atoms. The van der Waals surface area contributed by atoms with Crippen molar-refractivity contribution >= 4 is 0 Å². The number of aryl methyl sites for hydroxylation is 1. The third kappa shape index (κ3) is 2.24. The Bertz CT molecular complexity index is 523. The average Bonchev–Trinajstić information content (AvgIpc) is 3.00.